The van der Waals surface area contributed by atoms with Crippen molar-refractivity contribution in [2.75, 3.05) is 36.0 Å². The number of rotatable bonds is 8. The van der Waals surface area contributed by atoms with Crippen molar-refractivity contribution in [2.24, 2.45) is 5.92 Å². The molecule has 36 heavy (non-hydrogen) atoms. The Kier molecular flexibility index (Phi) is 7.41. The van der Waals surface area contributed by atoms with E-state index in [1.54, 1.807) is 16.7 Å². The second-order valence-corrected chi connectivity index (χ2v) is 11.2. The van der Waals surface area contributed by atoms with Gasteiger partial charge in [0.25, 0.3) is 0 Å². The summed E-state index contributed by atoms with van der Waals surface area (Å²) >= 11 is 1.65. The number of hydrogen-bond donors (Lipinski definition) is 1. The number of carbonyl (C=O) groups excluding carboxylic acids is 2. The molecule has 0 bridgehead atoms. The van der Waals surface area contributed by atoms with E-state index >= 15 is 0 Å². The highest BCUT2D eigenvalue weighted by Crippen LogP contribution is 2.30. The van der Waals surface area contributed by atoms with Crippen molar-refractivity contribution < 1.29 is 9.59 Å². The number of nitrogens with one attached hydrogen (secondary N) is 1. The van der Waals surface area contributed by atoms with Crippen molar-refractivity contribution >= 4 is 46.1 Å². The van der Waals surface area contributed by atoms with Crippen molar-refractivity contribution in [3.63, 3.8) is 0 Å². The van der Waals surface area contributed by atoms with Gasteiger partial charge >= 0.3 is 0 Å². The van der Waals surface area contributed by atoms with Crippen LogP contribution in [-0.2, 0) is 16.1 Å². The monoisotopic (exact) mass is 507 g/mol. The normalized spacial score (nSPS) is 18.4. The van der Waals surface area contributed by atoms with E-state index in [9.17, 15) is 9.59 Å². The molecular weight excluding hydrogens is 474 g/mol. The molecule has 0 aliphatic carbocycles. The van der Waals surface area contributed by atoms with Crippen LogP contribution in [0.1, 0.15) is 39.5 Å². The number of nitrogens with zero attached hydrogens (tertiary/aromatic N) is 6. The number of hydrogen-bond acceptors (Lipinski definition) is 7. The summed E-state index contributed by atoms with van der Waals surface area (Å²) in [5.74, 6) is 0.493. The topological polar surface area (TPSA) is 96.2 Å². The molecule has 4 heterocycles. The van der Waals surface area contributed by atoms with E-state index in [1.165, 1.54) is 19.3 Å². The molecule has 2 aliphatic rings. The Morgan fingerprint density at radius 3 is 2.67 bits per heavy atom. The van der Waals surface area contributed by atoms with E-state index in [0.717, 1.165) is 40.8 Å². The van der Waals surface area contributed by atoms with E-state index in [0.29, 0.717) is 24.9 Å². The average Bonchev–Trinajstić information content (AvgIpc) is 3.48. The van der Waals surface area contributed by atoms with Crippen molar-refractivity contribution in [3.05, 3.63) is 36.5 Å². The summed E-state index contributed by atoms with van der Waals surface area (Å²) in [6, 6.07) is 9.50. The summed E-state index contributed by atoms with van der Waals surface area (Å²) in [4.78, 5) is 39.1. The average molecular weight is 508 g/mol. The van der Waals surface area contributed by atoms with Crippen LogP contribution in [-0.4, -0.2) is 63.0 Å². The third kappa shape index (κ3) is 5.33. The molecule has 2 aliphatic heterocycles. The van der Waals surface area contributed by atoms with Gasteiger partial charge in [0.15, 0.2) is 10.8 Å². The second kappa shape index (κ2) is 10.9. The molecule has 0 saturated carbocycles. The molecule has 2 saturated heterocycles. The summed E-state index contributed by atoms with van der Waals surface area (Å²) in [6.45, 7) is 7.60. The van der Waals surface area contributed by atoms with Crippen LogP contribution in [0, 0.1) is 5.92 Å². The summed E-state index contributed by atoms with van der Waals surface area (Å²) in [7, 11) is 0. The van der Waals surface area contributed by atoms with Gasteiger partial charge in [0.05, 0.1) is 24.0 Å². The van der Waals surface area contributed by atoms with Crippen LogP contribution in [0.4, 0.5) is 11.5 Å². The van der Waals surface area contributed by atoms with E-state index in [2.05, 4.69) is 29.2 Å². The third-order valence-corrected chi connectivity index (χ3v) is 7.50. The van der Waals surface area contributed by atoms with Gasteiger partial charge in [-0.2, -0.15) is 5.10 Å². The third-order valence-electron chi connectivity index (χ3n) is 6.64. The summed E-state index contributed by atoms with van der Waals surface area (Å²) in [5, 5.41) is 9.69. The zero-order valence-corrected chi connectivity index (χ0v) is 21.7. The lowest BCUT2D eigenvalue weighted by atomic mass is 10.1. The molecule has 2 amide bonds. The van der Waals surface area contributed by atoms with Crippen LogP contribution in [0.25, 0.3) is 11.0 Å². The van der Waals surface area contributed by atoms with Gasteiger partial charge in [0.1, 0.15) is 5.82 Å². The molecule has 0 spiro atoms. The number of thioether (sulfide) groups is 1. The molecule has 0 radical (unpaired) electrons. The molecular formula is C26H33N7O2S. The first kappa shape index (κ1) is 24.5. The van der Waals surface area contributed by atoms with Crippen molar-refractivity contribution in [1.82, 2.24) is 25.1 Å². The van der Waals surface area contributed by atoms with Crippen LogP contribution in [0.3, 0.4) is 0 Å². The number of aromatic nitrogens is 4. The number of amides is 2. The standard InChI is InChI=1S/C26H33N7O2S/c1-18(2)36-26-29-23(31-12-7-4-8-13-31)21-16-28-33(24(21)30-26)14-11-27-25(35)19-15-22(34)32(17-19)20-9-5-3-6-10-20/h3,5-6,9-10,16,18-19H,4,7-8,11-15,17H2,1-2H3,(H,27,35). The zero-order valence-electron chi connectivity index (χ0n) is 20.9. The maximum Gasteiger partial charge on any atom is 0.227 e. The smallest absolute Gasteiger partial charge is 0.227 e. The van der Waals surface area contributed by atoms with Crippen molar-refractivity contribution in [2.45, 2.75) is 56.5 Å². The minimum Gasteiger partial charge on any atom is -0.356 e. The molecule has 5 rings (SSSR count). The Labute approximate surface area is 215 Å². The van der Waals surface area contributed by atoms with E-state index in [-0.39, 0.29) is 24.2 Å². The molecule has 3 aromatic rings. The summed E-state index contributed by atoms with van der Waals surface area (Å²) < 4.78 is 1.85. The molecule has 9 nitrogen and oxygen atoms in total. The van der Waals surface area contributed by atoms with Crippen LogP contribution in [0.15, 0.2) is 41.7 Å². The Morgan fingerprint density at radius 2 is 1.92 bits per heavy atom. The van der Waals surface area contributed by atoms with Crippen LogP contribution in [0.2, 0.25) is 0 Å². The predicted molar refractivity (Wildman–Crippen MR) is 142 cm³/mol. The lowest BCUT2D eigenvalue weighted by Crippen LogP contribution is -2.35. The Morgan fingerprint density at radius 1 is 1.14 bits per heavy atom. The first-order valence-electron chi connectivity index (χ1n) is 12.8. The quantitative estimate of drug-likeness (QED) is 0.368. The predicted octanol–water partition coefficient (Wildman–Crippen LogP) is 3.49. The molecule has 2 fully saturated rings. The Bertz CT molecular complexity index is 1220. The fraction of sp³-hybridized carbons (Fsp3) is 0.500. The lowest BCUT2D eigenvalue weighted by Gasteiger charge is -2.28. The Hall–Kier alpha value is -3.14. The molecule has 2 aromatic heterocycles. The van der Waals surface area contributed by atoms with Gasteiger partial charge in [-0.05, 0) is 31.4 Å². The lowest BCUT2D eigenvalue weighted by molar-refractivity contribution is -0.126. The van der Waals surface area contributed by atoms with Gasteiger partial charge in [-0.15, -0.1) is 0 Å². The van der Waals surface area contributed by atoms with Crippen molar-refractivity contribution in [1.29, 1.82) is 0 Å². The number of piperidine rings is 1. The van der Waals surface area contributed by atoms with Gasteiger partial charge in [-0.3, -0.25) is 9.59 Å². The molecule has 10 heteroatoms. The summed E-state index contributed by atoms with van der Waals surface area (Å²) in [5.41, 5.74) is 1.63. The molecule has 1 unspecified atom stereocenters. The second-order valence-electron chi connectivity index (χ2n) is 9.68. The Balaban J connectivity index is 1.26. The van der Waals surface area contributed by atoms with Crippen LogP contribution < -0.4 is 15.1 Å². The highest BCUT2D eigenvalue weighted by atomic mass is 32.2. The first-order valence-corrected chi connectivity index (χ1v) is 13.7. The van der Waals surface area contributed by atoms with E-state index in [1.807, 2.05) is 41.2 Å². The maximum atomic E-state index is 12.8. The molecule has 190 valence electrons. The highest BCUT2D eigenvalue weighted by molar-refractivity contribution is 7.99. The van der Waals surface area contributed by atoms with Crippen LogP contribution >= 0.6 is 11.8 Å². The van der Waals surface area contributed by atoms with E-state index < -0.39 is 0 Å². The molecule has 1 N–H and O–H groups in total. The van der Waals surface area contributed by atoms with Crippen LogP contribution in [0.5, 0.6) is 0 Å². The minimum atomic E-state index is -0.353. The summed E-state index contributed by atoms with van der Waals surface area (Å²) in [6.07, 6.45) is 5.67. The number of anilines is 2. The minimum absolute atomic E-state index is 0.0171. The van der Waals surface area contributed by atoms with Crippen molar-refractivity contribution in [3.8, 4) is 0 Å². The van der Waals surface area contributed by atoms with Gasteiger partial charge in [0.2, 0.25) is 11.8 Å². The zero-order chi connectivity index (χ0) is 25.1. The molecule has 1 aromatic carbocycles. The number of benzene rings is 1. The SMILES string of the molecule is CC(C)Sc1nc(N2CCCCC2)c2cnn(CCNC(=O)C3CC(=O)N(c4ccccc4)C3)c2n1. The first-order chi connectivity index (χ1) is 17.5. The van der Waals surface area contributed by atoms with Gasteiger partial charge in [-0.1, -0.05) is 43.8 Å². The number of carbonyl (C=O) groups is 2. The van der Waals surface area contributed by atoms with Gasteiger partial charge in [-0.25, -0.2) is 14.6 Å². The fourth-order valence-electron chi connectivity index (χ4n) is 4.86. The fourth-order valence-corrected chi connectivity index (χ4v) is 5.56. The van der Waals surface area contributed by atoms with E-state index in [4.69, 9.17) is 9.97 Å². The highest BCUT2D eigenvalue weighted by Gasteiger charge is 2.35. The van der Waals surface area contributed by atoms with Gasteiger partial charge in [0, 0.05) is 43.5 Å². The van der Waals surface area contributed by atoms with Gasteiger partial charge < -0.3 is 15.1 Å². The molecule has 1 atom stereocenters. The largest absolute Gasteiger partial charge is 0.356 e. The number of fused-ring (bicyclic) bond motifs is 1. The maximum absolute atomic E-state index is 12.8. The number of para-hydroxylation sites is 1.